The van der Waals surface area contributed by atoms with Gasteiger partial charge in [0.05, 0.1) is 25.9 Å². The highest BCUT2D eigenvalue weighted by Gasteiger charge is 2.04. The van der Waals surface area contributed by atoms with E-state index in [1.54, 1.807) is 24.4 Å². The molecule has 0 aliphatic rings. The van der Waals surface area contributed by atoms with Crippen molar-refractivity contribution < 1.29 is 14.3 Å². The maximum atomic E-state index is 11.6. The summed E-state index contributed by atoms with van der Waals surface area (Å²) in [5.74, 6) is -0.183. The van der Waals surface area contributed by atoms with Crippen molar-refractivity contribution in [1.82, 2.24) is 10.3 Å². The van der Waals surface area contributed by atoms with Crippen LogP contribution in [0.1, 0.15) is 24.3 Å². The lowest BCUT2D eigenvalue weighted by Gasteiger charge is -2.08. The zero-order chi connectivity index (χ0) is 13.2. The molecule has 0 saturated carbocycles. The Morgan fingerprint density at radius 2 is 2.17 bits per heavy atom. The normalized spacial score (nSPS) is 10.6. The highest BCUT2D eigenvalue weighted by molar-refractivity contribution is 5.92. The lowest BCUT2D eigenvalue weighted by Crippen LogP contribution is -2.28. The first-order chi connectivity index (χ1) is 8.70. The van der Waals surface area contributed by atoms with E-state index in [1.807, 2.05) is 13.8 Å². The molecule has 0 aliphatic carbocycles. The molecule has 1 aromatic heterocycles. The van der Waals surface area contributed by atoms with E-state index in [2.05, 4.69) is 10.3 Å². The van der Waals surface area contributed by atoms with Gasteiger partial charge in [0.15, 0.2) is 0 Å². The molecule has 5 nitrogen and oxygen atoms in total. The summed E-state index contributed by atoms with van der Waals surface area (Å²) in [6, 6.07) is 5.23. The van der Waals surface area contributed by atoms with Crippen molar-refractivity contribution in [3.63, 3.8) is 0 Å². The fourth-order valence-electron chi connectivity index (χ4n) is 1.27. The number of amides is 1. The van der Waals surface area contributed by atoms with Crippen LogP contribution in [-0.4, -0.2) is 43.4 Å². The topological polar surface area (TPSA) is 60.5 Å². The molecule has 0 atom stereocenters. The maximum absolute atomic E-state index is 11.6. The van der Waals surface area contributed by atoms with Crippen molar-refractivity contribution in [1.29, 1.82) is 0 Å². The Hall–Kier alpha value is -1.46. The lowest BCUT2D eigenvalue weighted by molar-refractivity contribution is 0.0204. The van der Waals surface area contributed by atoms with Gasteiger partial charge in [-0.25, -0.2) is 0 Å². The van der Waals surface area contributed by atoms with Gasteiger partial charge in [-0.1, -0.05) is 6.07 Å². The van der Waals surface area contributed by atoms with E-state index in [1.165, 1.54) is 0 Å². The van der Waals surface area contributed by atoms with Crippen LogP contribution in [0.2, 0.25) is 0 Å². The van der Waals surface area contributed by atoms with Crippen molar-refractivity contribution in [2.24, 2.45) is 0 Å². The predicted octanol–water partition coefficient (Wildman–Crippen LogP) is 1.25. The Labute approximate surface area is 108 Å². The molecule has 5 heteroatoms. The van der Waals surface area contributed by atoms with Crippen molar-refractivity contribution in [2.45, 2.75) is 20.0 Å². The quantitative estimate of drug-likeness (QED) is 0.707. The van der Waals surface area contributed by atoms with Crippen LogP contribution < -0.4 is 5.32 Å². The second kappa shape index (κ2) is 8.60. The highest BCUT2D eigenvalue weighted by atomic mass is 16.5. The van der Waals surface area contributed by atoms with E-state index in [9.17, 15) is 4.79 Å². The number of nitrogens with one attached hydrogen (secondary N) is 1. The number of rotatable bonds is 8. The van der Waals surface area contributed by atoms with Gasteiger partial charge < -0.3 is 14.8 Å². The van der Waals surface area contributed by atoms with Gasteiger partial charge in [-0.15, -0.1) is 0 Å². The van der Waals surface area contributed by atoms with Gasteiger partial charge in [-0.3, -0.25) is 9.78 Å². The van der Waals surface area contributed by atoms with Crippen LogP contribution in [0, 0.1) is 0 Å². The van der Waals surface area contributed by atoms with Gasteiger partial charge in [0.25, 0.3) is 5.91 Å². The Morgan fingerprint density at radius 3 is 2.83 bits per heavy atom. The summed E-state index contributed by atoms with van der Waals surface area (Å²) in [5.41, 5.74) is 0.417. The van der Waals surface area contributed by atoms with Gasteiger partial charge in [-0.05, 0) is 26.0 Å². The molecule has 0 bridgehead atoms. The summed E-state index contributed by atoms with van der Waals surface area (Å²) in [4.78, 5) is 15.5. The smallest absolute Gasteiger partial charge is 0.269 e. The van der Waals surface area contributed by atoms with E-state index in [0.29, 0.717) is 32.1 Å². The van der Waals surface area contributed by atoms with Crippen LogP contribution in [0.25, 0.3) is 0 Å². The fraction of sp³-hybridized carbons (Fsp3) is 0.538. The average molecular weight is 252 g/mol. The number of nitrogens with zero attached hydrogens (tertiary/aromatic N) is 1. The van der Waals surface area contributed by atoms with Crippen LogP contribution >= 0.6 is 0 Å². The van der Waals surface area contributed by atoms with Crippen LogP contribution in [0.15, 0.2) is 24.4 Å². The summed E-state index contributed by atoms with van der Waals surface area (Å²) < 4.78 is 10.6. The van der Waals surface area contributed by atoms with E-state index < -0.39 is 0 Å². The number of carbonyl (C=O) groups excluding carboxylic acids is 1. The molecule has 1 N–H and O–H groups in total. The zero-order valence-corrected chi connectivity index (χ0v) is 10.9. The number of pyridine rings is 1. The predicted molar refractivity (Wildman–Crippen MR) is 68.5 cm³/mol. The van der Waals surface area contributed by atoms with Crippen molar-refractivity contribution >= 4 is 5.91 Å². The van der Waals surface area contributed by atoms with Crippen LogP contribution in [0.5, 0.6) is 0 Å². The van der Waals surface area contributed by atoms with E-state index in [-0.39, 0.29) is 12.0 Å². The van der Waals surface area contributed by atoms with Gasteiger partial charge >= 0.3 is 0 Å². The number of carbonyl (C=O) groups is 1. The molecular formula is C13H20N2O3. The highest BCUT2D eigenvalue weighted by Crippen LogP contribution is 1.92. The average Bonchev–Trinajstić information content (AvgIpc) is 2.38. The van der Waals surface area contributed by atoms with Gasteiger partial charge in [0.1, 0.15) is 5.69 Å². The molecule has 18 heavy (non-hydrogen) atoms. The summed E-state index contributed by atoms with van der Waals surface area (Å²) in [6.45, 7) is 6.01. The third-order valence-corrected chi connectivity index (χ3v) is 2.11. The maximum Gasteiger partial charge on any atom is 0.269 e. The van der Waals surface area contributed by atoms with Gasteiger partial charge in [-0.2, -0.15) is 0 Å². The van der Waals surface area contributed by atoms with Gasteiger partial charge in [0.2, 0.25) is 0 Å². The third kappa shape index (κ3) is 6.32. The van der Waals surface area contributed by atoms with Crippen LogP contribution in [0.3, 0.4) is 0 Å². The van der Waals surface area contributed by atoms with Gasteiger partial charge in [0, 0.05) is 12.7 Å². The van der Waals surface area contributed by atoms with Crippen LogP contribution in [0.4, 0.5) is 0 Å². The number of hydrogen-bond acceptors (Lipinski definition) is 4. The Morgan fingerprint density at radius 1 is 1.33 bits per heavy atom. The van der Waals surface area contributed by atoms with E-state index in [4.69, 9.17) is 9.47 Å². The van der Waals surface area contributed by atoms with Crippen molar-refractivity contribution in [2.75, 3.05) is 26.4 Å². The second-order valence-electron chi connectivity index (χ2n) is 4.00. The minimum atomic E-state index is -0.183. The molecule has 0 spiro atoms. The monoisotopic (exact) mass is 252 g/mol. The summed E-state index contributed by atoms with van der Waals surface area (Å²) in [7, 11) is 0. The molecule has 1 aromatic rings. The molecule has 0 aliphatic heterocycles. The minimum absolute atomic E-state index is 0.183. The molecule has 0 saturated heterocycles. The summed E-state index contributed by atoms with van der Waals surface area (Å²) in [5, 5.41) is 2.73. The number of aromatic nitrogens is 1. The first-order valence-electron chi connectivity index (χ1n) is 6.08. The molecule has 0 unspecified atom stereocenters. The molecule has 0 fully saturated rings. The van der Waals surface area contributed by atoms with Crippen LogP contribution in [-0.2, 0) is 9.47 Å². The molecule has 1 amide bonds. The lowest BCUT2D eigenvalue weighted by atomic mass is 10.3. The summed E-state index contributed by atoms with van der Waals surface area (Å²) in [6.07, 6.45) is 1.81. The van der Waals surface area contributed by atoms with Crippen molar-refractivity contribution in [3.8, 4) is 0 Å². The van der Waals surface area contributed by atoms with E-state index >= 15 is 0 Å². The minimum Gasteiger partial charge on any atom is -0.377 e. The van der Waals surface area contributed by atoms with E-state index in [0.717, 1.165) is 0 Å². The standard InChI is InChI=1S/C13H20N2O3/c1-11(2)18-10-9-17-8-7-15-13(16)12-5-3-4-6-14-12/h3-6,11H,7-10H2,1-2H3,(H,15,16). The second-order valence-corrected chi connectivity index (χ2v) is 4.00. The van der Waals surface area contributed by atoms with Crippen molar-refractivity contribution in [3.05, 3.63) is 30.1 Å². The molecule has 100 valence electrons. The largest absolute Gasteiger partial charge is 0.377 e. The Balaban J connectivity index is 2.03. The Kier molecular flexibility index (Phi) is 6.98. The number of ether oxygens (including phenoxy) is 2. The molecule has 0 aromatic carbocycles. The first-order valence-corrected chi connectivity index (χ1v) is 6.08. The SMILES string of the molecule is CC(C)OCCOCCNC(=O)c1ccccn1. The zero-order valence-electron chi connectivity index (χ0n) is 10.9. The molecule has 1 rings (SSSR count). The fourth-order valence-corrected chi connectivity index (χ4v) is 1.27. The summed E-state index contributed by atoms with van der Waals surface area (Å²) >= 11 is 0. The molecule has 1 heterocycles. The molecule has 0 radical (unpaired) electrons. The third-order valence-electron chi connectivity index (χ3n) is 2.11. The first kappa shape index (κ1) is 14.6. The molecular weight excluding hydrogens is 232 g/mol. The Bertz CT molecular complexity index is 341. The number of hydrogen-bond donors (Lipinski definition) is 1.